The van der Waals surface area contributed by atoms with E-state index in [1.54, 1.807) is 4.90 Å². The highest BCUT2D eigenvalue weighted by Crippen LogP contribution is 2.40. The molecule has 1 saturated heterocycles. The quantitative estimate of drug-likeness (QED) is 0.778. The minimum absolute atomic E-state index is 0.121. The molecular weight excluding hydrogens is 290 g/mol. The monoisotopic (exact) mass is 309 g/mol. The van der Waals surface area contributed by atoms with Crippen molar-refractivity contribution in [2.45, 2.75) is 37.7 Å². The van der Waals surface area contributed by atoms with Crippen molar-refractivity contribution in [3.05, 3.63) is 23.0 Å². The molecule has 5 nitrogen and oxygen atoms in total. The minimum Gasteiger partial charge on any atom is -0.397 e. The van der Waals surface area contributed by atoms with Crippen LogP contribution in [0.15, 0.2) is 12.3 Å². The molecule has 1 aliphatic heterocycles. The van der Waals surface area contributed by atoms with Crippen molar-refractivity contribution in [1.29, 1.82) is 0 Å². The van der Waals surface area contributed by atoms with Gasteiger partial charge in [0.25, 0.3) is 5.91 Å². The fourth-order valence-electron chi connectivity index (χ4n) is 3.55. The number of nitrogen functional groups attached to an aromatic ring is 1. The Balaban J connectivity index is 1.79. The summed E-state index contributed by atoms with van der Waals surface area (Å²) < 4.78 is 0. The number of carbonyl (C=O) groups excluding carboxylic acids is 1. The largest absolute Gasteiger partial charge is 0.397 e. The summed E-state index contributed by atoms with van der Waals surface area (Å²) in [7, 11) is 0. The van der Waals surface area contributed by atoms with E-state index in [2.05, 4.69) is 4.98 Å². The number of nitrogens with zero attached hydrogens (tertiary/aromatic N) is 2. The molecule has 1 amide bonds. The normalized spacial score (nSPS) is 29.0. The first kappa shape index (κ1) is 14.6. The van der Waals surface area contributed by atoms with Crippen LogP contribution in [0.3, 0.4) is 0 Å². The summed E-state index contributed by atoms with van der Waals surface area (Å²) in [6, 6.07) is 1.51. The van der Waals surface area contributed by atoms with Gasteiger partial charge in [0, 0.05) is 19.0 Å². The van der Waals surface area contributed by atoms with Gasteiger partial charge < -0.3 is 15.7 Å². The first-order valence-corrected chi connectivity index (χ1v) is 7.80. The molecule has 21 heavy (non-hydrogen) atoms. The van der Waals surface area contributed by atoms with Crippen molar-refractivity contribution in [2.75, 3.05) is 18.8 Å². The number of amides is 1. The maximum Gasteiger partial charge on any atom is 0.256 e. The second-order valence-corrected chi connectivity index (χ2v) is 6.53. The van der Waals surface area contributed by atoms with Gasteiger partial charge in [-0.2, -0.15) is 0 Å². The lowest BCUT2D eigenvalue weighted by molar-refractivity contribution is -0.0886. The Morgan fingerprint density at radius 3 is 3.10 bits per heavy atom. The molecule has 3 rings (SSSR count). The second-order valence-electron chi connectivity index (χ2n) is 6.14. The predicted octanol–water partition coefficient (Wildman–Crippen LogP) is 2.08. The summed E-state index contributed by atoms with van der Waals surface area (Å²) in [5.74, 6) is 0.0481. The number of halogens is 1. The van der Waals surface area contributed by atoms with E-state index in [1.807, 2.05) is 0 Å². The molecule has 6 heteroatoms. The van der Waals surface area contributed by atoms with Crippen molar-refractivity contribution in [1.82, 2.24) is 9.88 Å². The van der Waals surface area contributed by atoms with Gasteiger partial charge in [-0.05, 0) is 25.3 Å². The zero-order valence-corrected chi connectivity index (χ0v) is 12.6. The van der Waals surface area contributed by atoms with E-state index in [4.69, 9.17) is 17.3 Å². The van der Waals surface area contributed by atoms with Gasteiger partial charge in [-0.3, -0.25) is 4.79 Å². The third-order valence-corrected chi connectivity index (χ3v) is 5.05. The number of hydrogen-bond acceptors (Lipinski definition) is 4. The Bertz CT molecular complexity index is 566. The summed E-state index contributed by atoms with van der Waals surface area (Å²) >= 11 is 5.86. The van der Waals surface area contributed by atoms with Crippen LogP contribution in [0, 0.1) is 5.92 Å². The van der Waals surface area contributed by atoms with Gasteiger partial charge in [-0.25, -0.2) is 4.98 Å². The van der Waals surface area contributed by atoms with Crippen LogP contribution >= 0.6 is 11.6 Å². The van der Waals surface area contributed by atoms with Crippen LogP contribution in [0.1, 0.15) is 42.5 Å². The molecule has 0 spiro atoms. The number of aliphatic hydroxyl groups is 1. The standard InChI is InChI=1S/C15H20ClN3O2/c16-13-7-11(12(17)8-18-13)14(20)19-6-5-15(21)4-2-1-3-10(15)9-19/h7-8,10,21H,1-6,9,17H2. The SMILES string of the molecule is Nc1cnc(Cl)cc1C(=O)N1CCC2(O)CCCCC2C1. The Hall–Kier alpha value is -1.33. The molecular formula is C15H20ClN3O2. The molecule has 0 radical (unpaired) electrons. The fourth-order valence-corrected chi connectivity index (χ4v) is 3.71. The average Bonchev–Trinajstić information content (AvgIpc) is 2.48. The third-order valence-electron chi connectivity index (χ3n) is 4.85. The van der Waals surface area contributed by atoms with Crippen LogP contribution in [0.25, 0.3) is 0 Å². The summed E-state index contributed by atoms with van der Waals surface area (Å²) in [5, 5.41) is 10.9. The number of nitrogens with two attached hydrogens (primary N) is 1. The summed E-state index contributed by atoms with van der Waals surface area (Å²) in [5.41, 5.74) is 5.99. The summed E-state index contributed by atoms with van der Waals surface area (Å²) in [6.07, 6.45) is 6.08. The maximum absolute atomic E-state index is 12.6. The van der Waals surface area contributed by atoms with E-state index in [9.17, 15) is 9.90 Å². The molecule has 1 saturated carbocycles. The van der Waals surface area contributed by atoms with E-state index < -0.39 is 5.60 Å². The van der Waals surface area contributed by atoms with Gasteiger partial charge in [-0.1, -0.05) is 24.4 Å². The number of likely N-dealkylation sites (tertiary alicyclic amines) is 1. The Kier molecular flexibility index (Phi) is 3.80. The van der Waals surface area contributed by atoms with Crippen molar-refractivity contribution < 1.29 is 9.90 Å². The second kappa shape index (κ2) is 5.46. The molecule has 2 fully saturated rings. The first-order valence-electron chi connectivity index (χ1n) is 7.42. The molecule has 3 N–H and O–H groups in total. The number of pyridine rings is 1. The number of fused-ring (bicyclic) bond motifs is 1. The molecule has 0 aromatic carbocycles. The zero-order valence-electron chi connectivity index (χ0n) is 11.9. The molecule has 1 aliphatic carbocycles. The highest BCUT2D eigenvalue weighted by atomic mass is 35.5. The van der Waals surface area contributed by atoms with Crippen LogP contribution in [-0.2, 0) is 0 Å². The molecule has 1 aromatic heterocycles. The lowest BCUT2D eigenvalue weighted by Gasteiger charge is -2.47. The van der Waals surface area contributed by atoms with Crippen LogP contribution in [0.4, 0.5) is 5.69 Å². The van der Waals surface area contributed by atoms with Crippen LogP contribution < -0.4 is 5.73 Å². The lowest BCUT2D eigenvalue weighted by atomic mass is 9.71. The Morgan fingerprint density at radius 2 is 2.29 bits per heavy atom. The molecule has 2 heterocycles. The van der Waals surface area contributed by atoms with Gasteiger partial charge in [0.15, 0.2) is 0 Å². The van der Waals surface area contributed by atoms with E-state index in [1.165, 1.54) is 12.3 Å². The topological polar surface area (TPSA) is 79.5 Å². The number of carbonyl (C=O) groups is 1. The van der Waals surface area contributed by atoms with Gasteiger partial charge in [0.1, 0.15) is 5.15 Å². The van der Waals surface area contributed by atoms with Gasteiger partial charge in [0.2, 0.25) is 0 Å². The van der Waals surface area contributed by atoms with Gasteiger partial charge >= 0.3 is 0 Å². The molecule has 2 unspecified atom stereocenters. The highest BCUT2D eigenvalue weighted by Gasteiger charge is 2.43. The van der Waals surface area contributed by atoms with Crippen LogP contribution in [-0.4, -0.2) is 39.6 Å². The number of aromatic nitrogens is 1. The lowest BCUT2D eigenvalue weighted by Crippen LogP contribution is -2.54. The van der Waals surface area contributed by atoms with Crippen molar-refractivity contribution >= 4 is 23.2 Å². The molecule has 114 valence electrons. The molecule has 1 aromatic rings. The van der Waals surface area contributed by atoms with Gasteiger partial charge in [0.05, 0.1) is 23.0 Å². The van der Waals surface area contributed by atoms with Crippen LogP contribution in [0.5, 0.6) is 0 Å². The van der Waals surface area contributed by atoms with Crippen molar-refractivity contribution in [2.24, 2.45) is 5.92 Å². The smallest absolute Gasteiger partial charge is 0.256 e. The highest BCUT2D eigenvalue weighted by molar-refractivity contribution is 6.29. The first-order chi connectivity index (χ1) is 9.99. The minimum atomic E-state index is -0.587. The Labute approximate surface area is 129 Å². The van der Waals surface area contributed by atoms with Crippen LogP contribution in [0.2, 0.25) is 5.15 Å². The maximum atomic E-state index is 12.6. The van der Waals surface area contributed by atoms with E-state index in [0.717, 1.165) is 25.7 Å². The molecule has 2 aliphatic rings. The van der Waals surface area contributed by atoms with E-state index >= 15 is 0 Å². The number of piperidine rings is 1. The molecule has 0 bridgehead atoms. The average molecular weight is 310 g/mol. The Morgan fingerprint density at radius 1 is 1.48 bits per heavy atom. The van der Waals surface area contributed by atoms with Crippen molar-refractivity contribution in [3.8, 4) is 0 Å². The van der Waals surface area contributed by atoms with Crippen molar-refractivity contribution in [3.63, 3.8) is 0 Å². The summed E-state index contributed by atoms with van der Waals surface area (Å²) in [4.78, 5) is 18.3. The van der Waals surface area contributed by atoms with Gasteiger partial charge in [-0.15, -0.1) is 0 Å². The number of hydrogen-bond donors (Lipinski definition) is 2. The molecule has 2 atom stereocenters. The fraction of sp³-hybridized carbons (Fsp3) is 0.600. The number of anilines is 1. The predicted molar refractivity (Wildman–Crippen MR) is 81.1 cm³/mol. The number of rotatable bonds is 1. The summed E-state index contributed by atoms with van der Waals surface area (Å²) in [6.45, 7) is 1.15. The van der Waals surface area contributed by atoms with E-state index in [-0.39, 0.29) is 17.0 Å². The zero-order chi connectivity index (χ0) is 15.0. The third kappa shape index (κ3) is 2.72. The van der Waals surface area contributed by atoms with E-state index in [0.29, 0.717) is 30.8 Å².